The van der Waals surface area contributed by atoms with E-state index in [0.717, 1.165) is 0 Å². The minimum Gasteiger partial charge on any atom is -0.352 e. The van der Waals surface area contributed by atoms with Gasteiger partial charge in [-0.15, -0.1) is 0 Å². The van der Waals surface area contributed by atoms with Crippen molar-refractivity contribution in [1.82, 2.24) is 0 Å². The molecule has 1 aliphatic heterocycles. The van der Waals surface area contributed by atoms with Crippen molar-refractivity contribution in [2.45, 2.75) is 89.3 Å². The molecular formula is C24H34Na2O. The predicted octanol–water partition coefficient (Wildman–Crippen LogP) is 6.11. The normalized spacial score (nSPS) is 21.9. The average Bonchev–Trinajstić information content (AvgIpc) is 3.39. The molecule has 3 heteroatoms. The molecule has 1 saturated heterocycles. The van der Waals surface area contributed by atoms with Crippen LogP contribution in [0.25, 0.3) is 0 Å². The minimum atomic E-state index is -0.149. The maximum Gasteiger partial charge on any atom is 0.142 e. The van der Waals surface area contributed by atoms with Crippen molar-refractivity contribution in [3.63, 3.8) is 0 Å². The monoisotopic (exact) mass is 384 g/mol. The van der Waals surface area contributed by atoms with Crippen LogP contribution in [0.1, 0.15) is 82.3 Å². The van der Waals surface area contributed by atoms with Crippen LogP contribution in [0.15, 0.2) is 48.6 Å². The summed E-state index contributed by atoms with van der Waals surface area (Å²) in [7, 11) is 0. The van der Waals surface area contributed by atoms with Gasteiger partial charge in [0.05, 0.1) is 0 Å². The molecule has 1 aromatic carbocycles. The Bertz CT molecular complexity index is 596. The second-order valence-electron chi connectivity index (χ2n) is 7.66. The zero-order valence-corrected chi connectivity index (χ0v) is 21.9. The van der Waals surface area contributed by atoms with Gasteiger partial charge in [-0.1, -0.05) is 107 Å². The molecule has 0 saturated carbocycles. The van der Waals surface area contributed by atoms with Gasteiger partial charge in [0.1, 0.15) is 11.7 Å². The van der Waals surface area contributed by atoms with Gasteiger partial charge >= 0.3 is 0 Å². The molecule has 1 heterocycles. The van der Waals surface area contributed by atoms with E-state index < -0.39 is 0 Å². The molecule has 2 unspecified atom stereocenters. The quantitative estimate of drug-likeness (QED) is 0.241. The Kier molecular flexibility index (Phi) is 13.1. The average molecular weight is 385 g/mol. The van der Waals surface area contributed by atoms with Crippen LogP contribution in [0.4, 0.5) is 0 Å². The number of unbranched alkanes of at least 4 members (excludes halogenated alkanes) is 9. The van der Waals surface area contributed by atoms with Gasteiger partial charge in [-0.25, -0.2) is 0 Å². The van der Waals surface area contributed by atoms with E-state index in [2.05, 4.69) is 55.5 Å². The van der Waals surface area contributed by atoms with Crippen molar-refractivity contribution >= 4 is 59.1 Å². The summed E-state index contributed by atoms with van der Waals surface area (Å²) in [6.45, 7) is 2.29. The number of allylic oxidation sites excluding steroid dienone is 2. The second-order valence-corrected chi connectivity index (χ2v) is 7.66. The first-order chi connectivity index (χ1) is 12.4. The Hall–Kier alpha value is 0.660. The molecule has 1 nitrogen and oxygen atoms in total. The number of ether oxygens (including phenoxy) is 1. The van der Waals surface area contributed by atoms with E-state index in [1.54, 1.807) is 0 Å². The Morgan fingerprint density at radius 2 is 1.44 bits per heavy atom. The van der Waals surface area contributed by atoms with Crippen LogP contribution in [-0.4, -0.2) is 65.2 Å². The van der Waals surface area contributed by atoms with Gasteiger partial charge in [0.15, 0.2) is 0 Å². The van der Waals surface area contributed by atoms with E-state index in [0.29, 0.717) is 0 Å². The van der Waals surface area contributed by atoms with Crippen LogP contribution in [0.2, 0.25) is 0 Å². The van der Waals surface area contributed by atoms with E-state index in [9.17, 15) is 0 Å². The van der Waals surface area contributed by atoms with Gasteiger partial charge in [0.2, 0.25) is 0 Å². The van der Waals surface area contributed by atoms with Gasteiger partial charge in [0, 0.05) is 59.1 Å². The molecule has 0 N–H and O–H groups in total. The maximum absolute atomic E-state index is 6.02. The van der Waals surface area contributed by atoms with Crippen molar-refractivity contribution in [1.29, 1.82) is 0 Å². The molecule has 0 bridgehead atoms. The first-order valence-corrected chi connectivity index (χ1v) is 10.5. The van der Waals surface area contributed by atoms with Gasteiger partial charge < -0.3 is 4.74 Å². The SMILES string of the molecule is CCCCCCCCCCCCc1ccccc1C12C=CC=CC1O2.[Na].[Na]. The first-order valence-electron chi connectivity index (χ1n) is 10.5. The van der Waals surface area contributed by atoms with Crippen LogP contribution in [0.3, 0.4) is 0 Å². The molecule has 1 aromatic rings. The van der Waals surface area contributed by atoms with Gasteiger partial charge in [0.25, 0.3) is 0 Å². The fourth-order valence-corrected chi connectivity index (χ4v) is 4.08. The summed E-state index contributed by atoms with van der Waals surface area (Å²) in [5.41, 5.74) is 2.71. The fraction of sp³-hybridized carbons (Fsp3) is 0.583. The van der Waals surface area contributed by atoms with E-state index in [1.807, 2.05) is 0 Å². The van der Waals surface area contributed by atoms with E-state index in [4.69, 9.17) is 4.74 Å². The molecule has 2 aliphatic rings. The summed E-state index contributed by atoms with van der Waals surface area (Å²) < 4.78 is 6.02. The Balaban J connectivity index is 0.00000182. The standard InChI is InChI=1S/C24H34O.2Na/c1-2-3-4-5-6-7-8-9-10-11-16-21-17-12-13-18-22(21)24-20-15-14-19-23(24)25-24;;/h12-15,17-20,23H,2-11,16H2,1H3;;. The van der Waals surface area contributed by atoms with Crippen LogP contribution < -0.4 is 0 Å². The molecule has 0 aromatic heterocycles. The number of epoxide rings is 1. The Labute approximate surface area is 211 Å². The summed E-state index contributed by atoms with van der Waals surface area (Å²) >= 11 is 0. The van der Waals surface area contributed by atoms with Crippen LogP contribution in [-0.2, 0) is 16.8 Å². The molecule has 138 valence electrons. The van der Waals surface area contributed by atoms with E-state index in [-0.39, 0.29) is 70.8 Å². The Morgan fingerprint density at radius 3 is 2.11 bits per heavy atom. The zero-order chi connectivity index (χ0) is 17.4. The van der Waals surface area contributed by atoms with Crippen molar-refractivity contribution in [2.24, 2.45) is 0 Å². The second kappa shape index (κ2) is 13.8. The molecule has 3 rings (SSSR count). The Morgan fingerprint density at radius 1 is 0.815 bits per heavy atom. The number of hydrogen-bond acceptors (Lipinski definition) is 1. The van der Waals surface area contributed by atoms with Crippen LogP contribution >= 0.6 is 0 Å². The molecule has 0 spiro atoms. The van der Waals surface area contributed by atoms with Crippen molar-refractivity contribution < 1.29 is 4.74 Å². The van der Waals surface area contributed by atoms with E-state index in [1.165, 1.54) is 81.8 Å². The molecule has 0 amide bonds. The largest absolute Gasteiger partial charge is 0.352 e. The molecule has 2 atom stereocenters. The molecule has 1 aliphatic carbocycles. The summed E-state index contributed by atoms with van der Waals surface area (Å²) in [5.74, 6) is 0. The third kappa shape index (κ3) is 7.45. The molecule has 1 fully saturated rings. The number of hydrogen-bond donors (Lipinski definition) is 0. The summed E-state index contributed by atoms with van der Waals surface area (Å²) in [6, 6.07) is 8.88. The molecule has 27 heavy (non-hydrogen) atoms. The summed E-state index contributed by atoms with van der Waals surface area (Å²) in [4.78, 5) is 0. The summed E-state index contributed by atoms with van der Waals surface area (Å²) in [5, 5.41) is 0. The number of benzene rings is 1. The molecule has 2 radical (unpaired) electrons. The van der Waals surface area contributed by atoms with Gasteiger partial charge in [-0.05, 0) is 30.0 Å². The third-order valence-corrected chi connectivity index (χ3v) is 5.67. The number of rotatable bonds is 12. The van der Waals surface area contributed by atoms with Gasteiger partial charge in [-0.2, -0.15) is 0 Å². The van der Waals surface area contributed by atoms with E-state index >= 15 is 0 Å². The van der Waals surface area contributed by atoms with Crippen molar-refractivity contribution in [3.05, 3.63) is 59.7 Å². The topological polar surface area (TPSA) is 12.5 Å². The van der Waals surface area contributed by atoms with Crippen molar-refractivity contribution in [2.75, 3.05) is 0 Å². The minimum absolute atomic E-state index is 0. The smallest absolute Gasteiger partial charge is 0.142 e. The van der Waals surface area contributed by atoms with Crippen LogP contribution in [0.5, 0.6) is 0 Å². The first kappa shape index (κ1) is 25.7. The number of fused-ring (bicyclic) bond motifs is 1. The van der Waals surface area contributed by atoms with Crippen molar-refractivity contribution in [3.8, 4) is 0 Å². The predicted molar refractivity (Wildman–Crippen MR) is 118 cm³/mol. The molecular weight excluding hydrogens is 350 g/mol. The number of aryl methyl sites for hydroxylation is 1. The van der Waals surface area contributed by atoms with Crippen LogP contribution in [0, 0.1) is 0 Å². The maximum atomic E-state index is 6.02. The zero-order valence-electron chi connectivity index (χ0n) is 17.9. The summed E-state index contributed by atoms with van der Waals surface area (Å²) in [6.07, 6.45) is 24.0. The third-order valence-electron chi connectivity index (χ3n) is 5.67. The fourth-order valence-electron chi connectivity index (χ4n) is 4.08. The van der Waals surface area contributed by atoms with Gasteiger partial charge in [-0.3, -0.25) is 0 Å².